The van der Waals surface area contributed by atoms with Crippen molar-refractivity contribution >= 4 is 5.78 Å². The largest absolute Gasteiger partial charge is 0.292 e. The van der Waals surface area contributed by atoms with Crippen LogP contribution in [0.2, 0.25) is 0 Å². The van der Waals surface area contributed by atoms with Crippen molar-refractivity contribution in [3.8, 4) is 0 Å². The van der Waals surface area contributed by atoms with E-state index >= 15 is 0 Å². The van der Waals surface area contributed by atoms with Gasteiger partial charge >= 0.3 is 0 Å². The van der Waals surface area contributed by atoms with Crippen LogP contribution in [0.5, 0.6) is 0 Å². The van der Waals surface area contributed by atoms with Crippen LogP contribution in [0.4, 0.5) is 0 Å². The summed E-state index contributed by atoms with van der Waals surface area (Å²) in [5, 5.41) is 8.67. The van der Waals surface area contributed by atoms with Crippen LogP contribution in [0, 0.1) is 6.92 Å². The number of ketones is 1. The number of carbonyl (C=O) groups excluding carboxylic acids is 1. The summed E-state index contributed by atoms with van der Waals surface area (Å²) in [6, 6.07) is 3.85. The van der Waals surface area contributed by atoms with Gasteiger partial charge in [0, 0.05) is 19.3 Å². The van der Waals surface area contributed by atoms with Crippen molar-refractivity contribution in [3.05, 3.63) is 34.9 Å². The summed E-state index contributed by atoms with van der Waals surface area (Å²) >= 11 is 0. The Labute approximate surface area is 113 Å². The minimum Gasteiger partial charge on any atom is -0.292 e. The van der Waals surface area contributed by atoms with Gasteiger partial charge in [-0.2, -0.15) is 10.2 Å². The Morgan fingerprint density at radius 2 is 2.00 bits per heavy atom. The van der Waals surface area contributed by atoms with E-state index in [-0.39, 0.29) is 5.78 Å². The Morgan fingerprint density at radius 3 is 2.58 bits per heavy atom. The maximum atomic E-state index is 12.4. The van der Waals surface area contributed by atoms with Crippen molar-refractivity contribution < 1.29 is 4.79 Å². The van der Waals surface area contributed by atoms with Crippen LogP contribution in [0.15, 0.2) is 12.1 Å². The van der Waals surface area contributed by atoms with E-state index in [2.05, 4.69) is 17.1 Å². The van der Waals surface area contributed by atoms with Gasteiger partial charge in [-0.05, 0) is 32.4 Å². The van der Waals surface area contributed by atoms with Crippen molar-refractivity contribution in [1.82, 2.24) is 19.6 Å². The van der Waals surface area contributed by atoms with E-state index in [1.54, 1.807) is 9.36 Å². The number of aryl methyl sites for hydroxylation is 4. The molecular weight excluding hydrogens is 240 g/mol. The van der Waals surface area contributed by atoms with Crippen LogP contribution in [0.1, 0.15) is 41.4 Å². The minimum absolute atomic E-state index is 0.0908. The molecular formula is C14H20N4O. The average Bonchev–Trinajstić information content (AvgIpc) is 2.93. The molecule has 0 fully saturated rings. The lowest BCUT2D eigenvalue weighted by atomic mass is 10.1. The Kier molecular flexibility index (Phi) is 3.83. The molecule has 0 bridgehead atoms. The topological polar surface area (TPSA) is 52.7 Å². The molecule has 0 aliphatic heterocycles. The summed E-state index contributed by atoms with van der Waals surface area (Å²) in [6.07, 6.45) is 1.25. The molecule has 19 heavy (non-hydrogen) atoms. The van der Waals surface area contributed by atoms with E-state index in [1.165, 1.54) is 0 Å². The maximum absolute atomic E-state index is 12.4. The molecule has 2 rings (SSSR count). The van der Waals surface area contributed by atoms with Gasteiger partial charge in [-0.15, -0.1) is 0 Å². The zero-order valence-corrected chi connectivity index (χ0v) is 12.0. The number of carbonyl (C=O) groups is 1. The number of hydrogen-bond acceptors (Lipinski definition) is 3. The monoisotopic (exact) mass is 260 g/mol. The van der Waals surface area contributed by atoms with Crippen LogP contribution in [-0.4, -0.2) is 25.3 Å². The number of Topliss-reactive ketones (excluding diaryl/α,β-unsaturated/α-hetero) is 1. The molecule has 0 saturated heterocycles. The number of nitrogens with zero attached hydrogens (tertiary/aromatic N) is 4. The highest BCUT2D eigenvalue weighted by molar-refractivity contribution is 5.95. The van der Waals surface area contributed by atoms with Gasteiger partial charge in [-0.25, -0.2) is 0 Å². The molecule has 0 N–H and O–H groups in total. The maximum Gasteiger partial charge on any atom is 0.186 e. The van der Waals surface area contributed by atoms with Crippen LogP contribution < -0.4 is 0 Å². The summed E-state index contributed by atoms with van der Waals surface area (Å²) in [6.45, 7) is 6.66. The van der Waals surface area contributed by atoms with Crippen molar-refractivity contribution in [2.24, 2.45) is 7.05 Å². The second-order valence-electron chi connectivity index (χ2n) is 4.69. The summed E-state index contributed by atoms with van der Waals surface area (Å²) in [4.78, 5) is 12.4. The van der Waals surface area contributed by atoms with E-state index in [1.807, 2.05) is 33.0 Å². The average molecular weight is 260 g/mol. The predicted molar refractivity (Wildman–Crippen MR) is 73.3 cm³/mol. The molecule has 0 amide bonds. The fraction of sp³-hybridized carbons (Fsp3) is 0.500. The third kappa shape index (κ3) is 2.75. The molecule has 2 aromatic rings. The van der Waals surface area contributed by atoms with Crippen molar-refractivity contribution in [3.63, 3.8) is 0 Å². The third-order valence-electron chi connectivity index (χ3n) is 3.22. The van der Waals surface area contributed by atoms with Gasteiger partial charge in [0.1, 0.15) is 5.69 Å². The molecule has 0 radical (unpaired) electrons. The van der Waals surface area contributed by atoms with Gasteiger partial charge in [-0.1, -0.05) is 6.92 Å². The smallest absolute Gasteiger partial charge is 0.186 e. The van der Waals surface area contributed by atoms with E-state index < -0.39 is 0 Å². The zero-order valence-electron chi connectivity index (χ0n) is 12.0. The van der Waals surface area contributed by atoms with Gasteiger partial charge in [0.25, 0.3) is 0 Å². The molecule has 2 aromatic heterocycles. The van der Waals surface area contributed by atoms with Crippen LogP contribution in [-0.2, 0) is 26.4 Å². The molecule has 0 aliphatic rings. The molecule has 5 heteroatoms. The molecule has 2 heterocycles. The van der Waals surface area contributed by atoms with Gasteiger partial charge in [0.05, 0.1) is 17.8 Å². The zero-order chi connectivity index (χ0) is 14.0. The summed E-state index contributed by atoms with van der Waals surface area (Å²) in [5.74, 6) is 0.0908. The van der Waals surface area contributed by atoms with Gasteiger partial charge in [-0.3, -0.25) is 14.2 Å². The first-order chi connectivity index (χ1) is 9.05. The molecule has 0 atom stereocenters. The molecule has 5 nitrogen and oxygen atoms in total. The van der Waals surface area contributed by atoms with Crippen LogP contribution in [0.25, 0.3) is 0 Å². The first kappa shape index (κ1) is 13.5. The number of rotatable bonds is 5. The molecule has 0 spiro atoms. The van der Waals surface area contributed by atoms with Crippen LogP contribution >= 0.6 is 0 Å². The van der Waals surface area contributed by atoms with Crippen molar-refractivity contribution in [2.45, 2.75) is 40.2 Å². The van der Waals surface area contributed by atoms with Crippen molar-refractivity contribution in [1.29, 1.82) is 0 Å². The Balaban J connectivity index is 2.22. The lowest BCUT2D eigenvalue weighted by Gasteiger charge is -2.04. The van der Waals surface area contributed by atoms with Crippen LogP contribution in [0.3, 0.4) is 0 Å². The van der Waals surface area contributed by atoms with Gasteiger partial charge in [0.2, 0.25) is 0 Å². The highest BCUT2D eigenvalue weighted by Gasteiger charge is 2.16. The SMILES string of the molecule is CCc1cc(CC(=O)c2cc(C)nn2CC)n(C)n1. The summed E-state index contributed by atoms with van der Waals surface area (Å²) < 4.78 is 3.55. The minimum atomic E-state index is 0.0908. The standard InChI is InChI=1S/C14H20N4O/c1-5-11-8-12(17(4)16-11)9-14(19)13-7-10(3)15-18(13)6-2/h7-8H,5-6,9H2,1-4H3. The van der Waals surface area contributed by atoms with Crippen molar-refractivity contribution in [2.75, 3.05) is 0 Å². The second-order valence-corrected chi connectivity index (χ2v) is 4.69. The third-order valence-corrected chi connectivity index (χ3v) is 3.22. The molecule has 0 aromatic carbocycles. The fourth-order valence-electron chi connectivity index (χ4n) is 2.18. The quantitative estimate of drug-likeness (QED) is 0.772. The van der Waals surface area contributed by atoms with Gasteiger partial charge < -0.3 is 0 Å². The Morgan fingerprint density at radius 1 is 1.26 bits per heavy atom. The number of hydrogen-bond donors (Lipinski definition) is 0. The first-order valence-electron chi connectivity index (χ1n) is 6.64. The first-order valence-corrected chi connectivity index (χ1v) is 6.64. The fourth-order valence-corrected chi connectivity index (χ4v) is 2.18. The molecule has 0 saturated carbocycles. The molecule has 102 valence electrons. The van der Waals surface area contributed by atoms with E-state index in [9.17, 15) is 4.79 Å². The van der Waals surface area contributed by atoms with Gasteiger partial charge in [0.15, 0.2) is 5.78 Å². The molecule has 0 unspecified atom stereocenters. The van der Waals surface area contributed by atoms with E-state index in [0.717, 1.165) is 23.5 Å². The summed E-state index contributed by atoms with van der Waals surface area (Å²) in [7, 11) is 1.88. The lowest BCUT2D eigenvalue weighted by Crippen LogP contribution is -2.13. The Hall–Kier alpha value is -1.91. The predicted octanol–water partition coefficient (Wildman–Crippen LogP) is 1.93. The highest BCUT2D eigenvalue weighted by Crippen LogP contribution is 2.11. The second kappa shape index (κ2) is 5.38. The summed E-state index contributed by atoms with van der Waals surface area (Å²) in [5.41, 5.74) is 3.53. The normalized spacial score (nSPS) is 10.9. The van der Waals surface area contributed by atoms with E-state index in [4.69, 9.17) is 0 Å². The Bertz CT molecular complexity index is 595. The highest BCUT2D eigenvalue weighted by atomic mass is 16.1. The lowest BCUT2D eigenvalue weighted by molar-refractivity contribution is 0.0980. The van der Waals surface area contributed by atoms with E-state index in [0.29, 0.717) is 18.7 Å². The molecule has 0 aliphatic carbocycles. The number of aromatic nitrogens is 4.